The Balaban J connectivity index is 1.58. The van der Waals surface area contributed by atoms with Gasteiger partial charge in [-0.3, -0.25) is 0 Å². The van der Waals surface area contributed by atoms with E-state index in [0.29, 0.717) is 22.4 Å². The van der Waals surface area contributed by atoms with E-state index in [0.717, 1.165) is 29.0 Å². The summed E-state index contributed by atoms with van der Waals surface area (Å²) in [6.45, 7) is 5.31. The van der Waals surface area contributed by atoms with Crippen LogP contribution in [-0.4, -0.2) is 27.1 Å². The fourth-order valence-corrected chi connectivity index (χ4v) is 3.74. The summed E-state index contributed by atoms with van der Waals surface area (Å²) in [5.74, 6) is 2.95. The Hall–Kier alpha value is -1.89. The topological polar surface area (TPSA) is 49.2 Å². The maximum atomic E-state index is 6.19. The van der Waals surface area contributed by atoms with Gasteiger partial charge in [-0.15, -0.1) is 10.2 Å². The molecule has 0 spiro atoms. The molecule has 0 aliphatic rings. The van der Waals surface area contributed by atoms with Gasteiger partial charge in [0.15, 0.2) is 17.1 Å². The number of benzene rings is 2. The molecule has 1 heterocycles. The van der Waals surface area contributed by atoms with Gasteiger partial charge in [-0.2, -0.15) is 0 Å². The third kappa shape index (κ3) is 5.34. The van der Waals surface area contributed by atoms with Crippen molar-refractivity contribution in [1.82, 2.24) is 14.8 Å². The predicted molar refractivity (Wildman–Crippen MR) is 114 cm³/mol. The van der Waals surface area contributed by atoms with Crippen LogP contribution in [0.5, 0.6) is 11.5 Å². The Labute approximate surface area is 179 Å². The minimum absolute atomic E-state index is 0.271. The minimum atomic E-state index is -0.271. The smallest absolute Gasteiger partial charge is 0.191 e. The van der Waals surface area contributed by atoms with Crippen molar-refractivity contribution in [3.8, 4) is 11.5 Å². The summed E-state index contributed by atoms with van der Waals surface area (Å²) in [6.07, 6.45) is -0.271. The molecule has 0 amide bonds. The van der Waals surface area contributed by atoms with Gasteiger partial charge in [0.05, 0.1) is 11.6 Å². The summed E-state index contributed by atoms with van der Waals surface area (Å²) >= 11 is 13.7. The summed E-state index contributed by atoms with van der Waals surface area (Å²) in [6, 6.07) is 14.7. The van der Waals surface area contributed by atoms with Crippen LogP contribution >= 0.6 is 35.0 Å². The molecule has 1 unspecified atom stereocenters. The third-order valence-corrected chi connectivity index (χ3v) is 5.46. The van der Waals surface area contributed by atoms with Gasteiger partial charge in [-0.25, -0.2) is 0 Å². The lowest BCUT2D eigenvalue weighted by molar-refractivity contribution is 0.210. The Morgan fingerprint density at radius 1 is 1.07 bits per heavy atom. The molecule has 0 radical (unpaired) electrons. The number of aromatic nitrogens is 3. The molecule has 0 fully saturated rings. The summed E-state index contributed by atoms with van der Waals surface area (Å²) in [5, 5.41) is 10.8. The van der Waals surface area contributed by atoms with Gasteiger partial charge in [0.25, 0.3) is 0 Å². The average molecular weight is 438 g/mol. The molecule has 1 aromatic heterocycles. The Morgan fingerprint density at radius 2 is 1.82 bits per heavy atom. The molecule has 2 aromatic carbocycles. The van der Waals surface area contributed by atoms with E-state index in [9.17, 15) is 0 Å². The summed E-state index contributed by atoms with van der Waals surface area (Å²) in [5.41, 5.74) is 0. The van der Waals surface area contributed by atoms with E-state index in [1.54, 1.807) is 17.8 Å². The van der Waals surface area contributed by atoms with Gasteiger partial charge in [0.1, 0.15) is 11.5 Å². The molecule has 0 aliphatic carbocycles. The Morgan fingerprint density at radius 3 is 2.54 bits per heavy atom. The predicted octanol–water partition coefficient (Wildman–Crippen LogP) is 5.92. The highest BCUT2D eigenvalue weighted by molar-refractivity contribution is 7.99. The van der Waals surface area contributed by atoms with E-state index in [-0.39, 0.29) is 6.10 Å². The number of para-hydroxylation sites is 1. The zero-order chi connectivity index (χ0) is 19.9. The van der Waals surface area contributed by atoms with Crippen LogP contribution in [0.4, 0.5) is 0 Å². The number of hydrogen-bond acceptors (Lipinski definition) is 5. The normalized spacial score (nSPS) is 12.0. The van der Waals surface area contributed by atoms with Gasteiger partial charge < -0.3 is 14.0 Å². The van der Waals surface area contributed by atoms with Gasteiger partial charge in [0.2, 0.25) is 0 Å². The summed E-state index contributed by atoms with van der Waals surface area (Å²) in [7, 11) is 0. The van der Waals surface area contributed by atoms with Crippen molar-refractivity contribution in [2.24, 2.45) is 0 Å². The van der Waals surface area contributed by atoms with Crippen LogP contribution in [-0.2, 0) is 6.54 Å². The van der Waals surface area contributed by atoms with Crippen LogP contribution in [0.25, 0.3) is 0 Å². The maximum absolute atomic E-state index is 6.19. The molecule has 3 rings (SSSR count). The second-order valence-electron chi connectivity index (χ2n) is 5.93. The Kier molecular flexibility index (Phi) is 7.48. The van der Waals surface area contributed by atoms with E-state index in [1.807, 2.05) is 49.4 Å². The molecule has 0 N–H and O–H groups in total. The first-order valence-corrected chi connectivity index (χ1v) is 10.7. The first-order chi connectivity index (χ1) is 13.6. The molecule has 0 saturated carbocycles. The largest absolute Gasteiger partial charge is 0.493 e. The van der Waals surface area contributed by atoms with Crippen LogP contribution in [0.3, 0.4) is 0 Å². The molecule has 28 heavy (non-hydrogen) atoms. The molecule has 0 saturated heterocycles. The molecule has 148 valence electrons. The first kappa shape index (κ1) is 20.8. The van der Waals surface area contributed by atoms with Crippen molar-refractivity contribution in [2.75, 3.05) is 12.4 Å². The highest BCUT2D eigenvalue weighted by Gasteiger charge is 2.19. The van der Waals surface area contributed by atoms with Gasteiger partial charge >= 0.3 is 0 Å². The van der Waals surface area contributed by atoms with Crippen LogP contribution in [0.15, 0.2) is 53.7 Å². The molecule has 0 aliphatic heterocycles. The van der Waals surface area contributed by atoms with Crippen molar-refractivity contribution in [3.05, 3.63) is 64.4 Å². The highest BCUT2D eigenvalue weighted by atomic mass is 35.5. The fraction of sp³-hybridized carbons (Fsp3) is 0.300. The van der Waals surface area contributed by atoms with Crippen LogP contribution in [0, 0.1) is 0 Å². The van der Waals surface area contributed by atoms with Crippen molar-refractivity contribution in [2.45, 2.75) is 31.7 Å². The Bertz CT molecular complexity index is 903. The van der Waals surface area contributed by atoms with Gasteiger partial charge in [-0.1, -0.05) is 47.1 Å². The van der Waals surface area contributed by atoms with E-state index in [2.05, 4.69) is 21.7 Å². The second kappa shape index (κ2) is 10.0. The number of ether oxygens (including phenoxy) is 2. The van der Waals surface area contributed by atoms with E-state index >= 15 is 0 Å². The monoisotopic (exact) mass is 437 g/mol. The number of nitrogens with zero attached hydrogens (tertiary/aromatic N) is 3. The second-order valence-corrected chi connectivity index (χ2v) is 7.83. The quantitative estimate of drug-likeness (QED) is 0.307. The zero-order valence-corrected chi connectivity index (χ0v) is 18.0. The number of halogens is 2. The third-order valence-electron chi connectivity index (χ3n) is 3.96. The lowest BCUT2D eigenvalue weighted by Crippen LogP contribution is -2.12. The fourth-order valence-electron chi connectivity index (χ4n) is 2.61. The molecule has 0 bridgehead atoms. The molecule has 1 atom stereocenters. The van der Waals surface area contributed by atoms with Gasteiger partial charge in [0, 0.05) is 17.3 Å². The standard InChI is InChI=1S/C20H21Cl2N3O2S/c1-3-25-19(14(2)27-18-7-5-4-6-17(18)22)23-24-20(25)28-13-12-26-16-10-8-15(21)9-11-16/h4-11,14H,3,12-13H2,1-2H3. The van der Waals surface area contributed by atoms with Crippen LogP contribution < -0.4 is 9.47 Å². The first-order valence-electron chi connectivity index (χ1n) is 8.94. The molecular formula is C20H21Cl2N3O2S. The van der Waals surface area contributed by atoms with Crippen LogP contribution in [0.2, 0.25) is 10.0 Å². The lowest BCUT2D eigenvalue weighted by atomic mass is 10.3. The number of rotatable bonds is 9. The van der Waals surface area contributed by atoms with E-state index in [4.69, 9.17) is 32.7 Å². The van der Waals surface area contributed by atoms with Crippen molar-refractivity contribution < 1.29 is 9.47 Å². The molecule has 5 nitrogen and oxygen atoms in total. The lowest BCUT2D eigenvalue weighted by Gasteiger charge is -2.16. The SMILES string of the molecule is CCn1c(SCCOc2ccc(Cl)cc2)nnc1C(C)Oc1ccccc1Cl. The average Bonchev–Trinajstić information content (AvgIpc) is 3.11. The molecule has 3 aromatic rings. The number of hydrogen-bond donors (Lipinski definition) is 0. The van der Waals surface area contributed by atoms with Gasteiger partial charge in [-0.05, 0) is 50.2 Å². The van der Waals surface area contributed by atoms with Crippen LogP contribution in [0.1, 0.15) is 25.8 Å². The van der Waals surface area contributed by atoms with E-state index < -0.39 is 0 Å². The highest BCUT2D eigenvalue weighted by Crippen LogP contribution is 2.29. The van der Waals surface area contributed by atoms with Crippen molar-refractivity contribution in [3.63, 3.8) is 0 Å². The van der Waals surface area contributed by atoms with E-state index in [1.165, 1.54) is 0 Å². The molecular weight excluding hydrogens is 417 g/mol. The molecule has 8 heteroatoms. The van der Waals surface area contributed by atoms with Crippen molar-refractivity contribution in [1.29, 1.82) is 0 Å². The maximum Gasteiger partial charge on any atom is 0.191 e. The summed E-state index contributed by atoms with van der Waals surface area (Å²) in [4.78, 5) is 0. The zero-order valence-electron chi connectivity index (χ0n) is 15.6. The number of thioether (sulfide) groups is 1. The van der Waals surface area contributed by atoms with Crippen molar-refractivity contribution >= 4 is 35.0 Å². The summed E-state index contributed by atoms with van der Waals surface area (Å²) < 4.78 is 13.8. The minimum Gasteiger partial charge on any atom is -0.493 e.